The first kappa shape index (κ1) is 20.3. The van der Waals surface area contributed by atoms with Crippen LogP contribution < -0.4 is 21.3 Å². The Morgan fingerprint density at radius 3 is 2.11 bits per heavy atom. The maximum absolute atomic E-state index is 12.5. The quantitative estimate of drug-likeness (QED) is 0.791. The molecule has 28 heavy (non-hydrogen) atoms. The Kier molecular flexibility index (Phi) is 6.61. The van der Waals surface area contributed by atoms with Crippen LogP contribution in [-0.2, 0) is 4.79 Å². The first-order chi connectivity index (χ1) is 13.5. The van der Waals surface area contributed by atoms with Crippen LogP contribution in [0.5, 0.6) is 0 Å². The summed E-state index contributed by atoms with van der Waals surface area (Å²) >= 11 is 12.2. The maximum atomic E-state index is 12.5. The van der Waals surface area contributed by atoms with Crippen molar-refractivity contribution in [1.82, 2.24) is 10.6 Å². The molecule has 1 saturated heterocycles. The Bertz CT molecular complexity index is 832. The number of para-hydroxylation sites is 1. The number of hydrogen-bond donors (Lipinski definition) is 2. The van der Waals surface area contributed by atoms with Crippen LogP contribution in [-0.4, -0.2) is 49.6 Å². The first-order valence-corrected chi connectivity index (χ1v) is 9.53. The van der Waals surface area contributed by atoms with Crippen LogP contribution >= 0.6 is 23.2 Å². The topological polar surface area (TPSA) is 88.5 Å². The minimum atomic E-state index is -0.342. The number of nitrogens with one attached hydrogen (secondary N) is 3. The number of halogens is 2. The molecule has 1 aliphatic rings. The van der Waals surface area contributed by atoms with Crippen LogP contribution in [0, 0.1) is 0 Å². The highest BCUT2D eigenvalue weighted by Crippen LogP contribution is 2.30. The molecule has 1 aliphatic heterocycles. The molecule has 0 aromatic heterocycles. The highest BCUT2D eigenvalue weighted by Gasteiger charge is 2.22. The Morgan fingerprint density at radius 1 is 0.929 bits per heavy atom. The second-order valence-corrected chi connectivity index (χ2v) is 7.09. The van der Waals surface area contributed by atoms with Crippen molar-refractivity contribution in [2.75, 3.05) is 48.3 Å². The fraction of sp³-hybridized carbons (Fsp3) is 0.263. The van der Waals surface area contributed by atoms with Crippen molar-refractivity contribution >= 4 is 52.2 Å². The Balaban J connectivity index is 1.55. The van der Waals surface area contributed by atoms with Gasteiger partial charge in [0.1, 0.15) is 0 Å². The molecule has 0 spiro atoms. The van der Waals surface area contributed by atoms with Crippen LogP contribution in [0.15, 0.2) is 42.5 Å². The molecule has 1 radical (unpaired) electrons. The molecule has 0 saturated carbocycles. The zero-order valence-corrected chi connectivity index (χ0v) is 16.6. The van der Waals surface area contributed by atoms with E-state index in [9.17, 15) is 9.59 Å². The summed E-state index contributed by atoms with van der Waals surface area (Å²) in [6, 6.07) is 12.3. The number of nitrogens with zero attached hydrogens (tertiary/aromatic N) is 2. The zero-order chi connectivity index (χ0) is 20.1. The Hall–Kier alpha value is -2.48. The van der Waals surface area contributed by atoms with E-state index in [1.807, 2.05) is 12.1 Å². The monoisotopic (exact) mass is 420 g/mol. The number of benzene rings is 2. The summed E-state index contributed by atoms with van der Waals surface area (Å²) in [4.78, 5) is 27.7. The van der Waals surface area contributed by atoms with Gasteiger partial charge in [-0.3, -0.25) is 4.79 Å². The summed E-state index contributed by atoms with van der Waals surface area (Å²) in [5.41, 5.74) is 9.13. The Morgan fingerprint density at radius 2 is 1.54 bits per heavy atom. The number of piperazine rings is 1. The minimum Gasteiger partial charge on any atom is -0.368 e. The average Bonchev–Trinajstić information content (AvgIpc) is 2.71. The van der Waals surface area contributed by atoms with E-state index in [1.165, 1.54) is 0 Å². The minimum absolute atomic E-state index is 0.233. The van der Waals surface area contributed by atoms with Crippen molar-refractivity contribution in [3.8, 4) is 0 Å². The van der Waals surface area contributed by atoms with E-state index >= 15 is 0 Å². The zero-order valence-electron chi connectivity index (χ0n) is 15.0. The van der Waals surface area contributed by atoms with Gasteiger partial charge in [0.2, 0.25) is 5.91 Å². The lowest BCUT2D eigenvalue weighted by molar-refractivity contribution is -0.115. The number of hydrogen-bond acceptors (Lipinski definition) is 3. The molecule has 3 rings (SSSR count). The second kappa shape index (κ2) is 9.14. The predicted molar refractivity (Wildman–Crippen MR) is 112 cm³/mol. The van der Waals surface area contributed by atoms with E-state index in [4.69, 9.17) is 28.9 Å². The normalized spacial score (nSPS) is 14.0. The standard InChI is InChI=1S/C19H20Cl2N5O2/c20-15-2-1-3-16(21)18(15)24-19(28)26-10-8-25(9-11-26)14-6-4-13(5-7-14)23-17(27)12-22/h1-7,22H,8-12H2,(H,23,27)(H,24,28). The van der Waals surface area contributed by atoms with Gasteiger partial charge in [0.05, 0.1) is 22.3 Å². The highest BCUT2D eigenvalue weighted by molar-refractivity contribution is 6.39. The third-order valence-electron chi connectivity index (χ3n) is 4.44. The van der Waals surface area contributed by atoms with Gasteiger partial charge >= 0.3 is 6.03 Å². The molecule has 0 unspecified atom stereocenters. The van der Waals surface area contributed by atoms with Crippen LogP contribution in [0.25, 0.3) is 0 Å². The third-order valence-corrected chi connectivity index (χ3v) is 5.07. The number of rotatable bonds is 4. The lowest BCUT2D eigenvalue weighted by Gasteiger charge is -2.36. The number of anilines is 3. The number of carbonyl (C=O) groups is 2. The first-order valence-electron chi connectivity index (χ1n) is 8.77. The van der Waals surface area contributed by atoms with Crippen molar-refractivity contribution in [2.45, 2.75) is 0 Å². The van der Waals surface area contributed by atoms with Gasteiger partial charge < -0.3 is 20.4 Å². The van der Waals surface area contributed by atoms with E-state index in [0.717, 1.165) is 5.69 Å². The van der Waals surface area contributed by atoms with Gasteiger partial charge in [-0.05, 0) is 36.4 Å². The van der Waals surface area contributed by atoms with E-state index < -0.39 is 0 Å². The molecule has 0 atom stereocenters. The molecule has 147 valence electrons. The van der Waals surface area contributed by atoms with Gasteiger partial charge in [-0.1, -0.05) is 29.3 Å². The van der Waals surface area contributed by atoms with Crippen molar-refractivity contribution in [1.29, 1.82) is 0 Å². The van der Waals surface area contributed by atoms with Gasteiger partial charge in [0.15, 0.2) is 0 Å². The van der Waals surface area contributed by atoms with Gasteiger partial charge in [0.25, 0.3) is 0 Å². The summed E-state index contributed by atoms with van der Waals surface area (Å²) in [7, 11) is 0. The van der Waals surface area contributed by atoms with Crippen molar-refractivity contribution in [3.05, 3.63) is 52.5 Å². The molecule has 9 heteroatoms. The molecule has 1 heterocycles. The molecule has 7 nitrogen and oxygen atoms in total. The Labute approximate surface area is 173 Å². The number of carbonyl (C=O) groups excluding carboxylic acids is 2. The van der Waals surface area contributed by atoms with E-state index in [2.05, 4.69) is 15.5 Å². The lowest BCUT2D eigenvalue weighted by atomic mass is 10.2. The van der Waals surface area contributed by atoms with Crippen molar-refractivity contribution in [3.63, 3.8) is 0 Å². The number of amides is 3. The van der Waals surface area contributed by atoms with E-state index in [1.54, 1.807) is 35.2 Å². The summed E-state index contributed by atoms with van der Waals surface area (Å²) in [5.74, 6) is -0.342. The molecule has 3 N–H and O–H groups in total. The molecule has 0 aliphatic carbocycles. The SMILES string of the molecule is [NH]CC(=O)Nc1ccc(N2CCN(C(=O)Nc3c(Cl)cccc3Cl)CC2)cc1. The van der Waals surface area contributed by atoms with Crippen LogP contribution in [0.1, 0.15) is 0 Å². The van der Waals surface area contributed by atoms with Gasteiger partial charge in [-0.25, -0.2) is 10.5 Å². The van der Waals surface area contributed by atoms with Crippen molar-refractivity contribution < 1.29 is 9.59 Å². The van der Waals surface area contributed by atoms with Gasteiger partial charge in [-0.2, -0.15) is 0 Å². The van der Waals surface area contributed by atoms with E-state index in [-0.39, 0.29) is 18.5 Å². The summed E-state index contributed by atoms with van der Waals surface area (Å²) < 4.78 is 0. The number of urea groups is 1. The predicted octanol–water partition coefficient (Wildman–Crippen LogP) is 3.57. The largest absolute Gasteiger partial charge is 0.368 e. The van der Waals surface area contributed by atoms with Crippen LogP contribution in [0.3, 0.4) is 0 Å². The third kappa shape index (κ3) is 4.86. The molecule has 2 aromatic carbocycles. The molecule has 0 bridgehead atoms. The molecular formula is C19H20Cl2N5O2. The van der Waals surface area contributed by atoms with Crippen molar-refractivity contribution in [2.24, 2.45) is 0 Å². The highest BCUT2D eigenvalue weighted by atomic mass is 35.5. The summed E-state index contributed by atoms with van der Waals surface area (Å²) in [6.45, 7) is 2.19. The molecule has 2 aromatic rings. The van der Waals surface area contributed by atoms with Gasteiger partial charge in [0, 0.05) is 37.6 Å². The summed E-state index contributed by atoms with van der Waals surface area (Å²) in [6.07, 6.45) is 0. The lowest BCUT2D eigenvalue weighted by Crippen LogP contribution is -2.50. The van der Waals surface area contributed by atoms with Crippen LogP contribution in [0.4, 0.5) is 21.9 Å². The molecular weight excluding hydrogens is 401 g/mol. The average molecular weight is 421 g/mol. The fourth-order valence-electron chi connectivity index (χ4n) is 2.93. The molecule has 1 fully saturated rings. The molecule has 3 amide bonds. The van der Waals surface area contributed by atoms with E-state index in [0.29, 0.717) is 47.6 Å². The fourth-order valence-corrected chi connectivity index (χ4v) is 3.42. The smallest absolute Gasteiger partial charge is 0.322 e. The summed E-state index contributed by atoms with van der Waals surface area (Å²) in [5, 5.41) is 6.23. The van der Waals surface area contributed by atoms with Crippen LogP contribution in [0.2, 0.25) is 10.0 Å². The van der Waals surface area contributed by atoms with Gasteiger partial charge in [-0.15, -0.1) is 0 Å². The maximum Gasteiger partial charge on any atom is 0.322 e. The second-order valence-electron chi connectivity index (χ2n) is 6.27.